The minimum Gasteiger partial charge on any atom is -0.330 e. The first kappa shape index (κ1) is 23.6. The van der Waals surface area contributed by atoms with Gasteiger partial charge in [0.05, 0.1) is 13.2 Å². The van der Waals surface area contributed by atoms with Crippen LogP contribution in [0.3, 0.4) is 0 Å². The zero-order valence-electron chi connectivity index (χ0n) is 19.3. The highest BCUT2D eigenvalue weighted by molar-refractivity contribution is 7.73. The number of amides is 1. The lowest BCUT2D eigenvalue weighted by atomic mass is 10.1. The highest BCUT2D eigenvalue weighted by Gasteiger charge is 2.20. The molecule has 1 aliphatic rings. The summed E-state index contributed by atoms with van der Waals surface area (Å²) in [5.74, 6) is 0.0365. The number of hydrogen-bond acceptors (Lipinski definition) is 7. The molecule has 174 valence electrons. The lowest BCUT2D eigenvalue weighted by molar-refractivity contribution is -0.117. The Labute approximate surface area is 204 Å². The van der Waals surface area contributed by atoms with Gasteiger partial charge in [-0.1, -0.05) is 41.7 Å². The van der Waals surface area contributed by atoms with Crippen LogP contribution in [0.1, 0.15) is 16.7 Å². The molecule has 1 aliphatic heterocycles. The first-order valence-electron chi connectivity index (χ1n) is 11.1. The van der Waals surface area contributed by atoms with E-state index in [2.05, 4.69) is 44.6 Å². The average Bonchev–Trinajstić information content (AvgIpc) is 3.11. The number of aromatic nitrogens is 2. The first-order valence-corrected chi connectivity index (χ1v) is 12.3. The molecule has 0 bridgehead atoms. The molecule has 1 aromatic heterocycles. The van der Waals surface area contributed by atoms with E-state index in [-0.39, 0.29) is 5.91 Å². The first-order chi connectivity index (χ1) is 15.9. The maximum absolute atomic E-state index is 12.6. The summed E-state index contributed by atoms with van der Waals surface area (Å²) in [4.78, 5) is 17.1. The van der Waals surface area contributed by atoms with Crippen LogP contribution in [0.5, 0.6) is 0 Å². The van der Waals surface area contributed by atoms with E-state index in [4.69, 9.17) is 12.2 Å². The van der Waals surface area contributed by atoms with Gasteiger partial charge < -0.3 is 10.6 Å². The SMILES string of the molecule is Cc1cccc(Nc2nn(CN3CCN(CC(=O)Nc4c(C)cccc4C)CC3)c(=S)s2)c1. The number of anilines is 3. The van der Waals surface area contributed by atoms with Gasteiger partial charge in [-0.3, -0.25) is 14.6 Å². The Bertz CT molecular complexity index is 1160. The van der Waals surface area contributed by atoms with Gasteiger partial charge in [0.15, 0.2) is 3.95 Å². The molecular formula is C24H30N6OS2. The summed E-state index contributed by atoms with van der Waals surface area (Å²) in [5, 5.41) is 11.9. The minimum absolute atomic E-state index is 0.0365. The fourth-order valence-corrected chi connectivity index (χ4v) is 4.98. The molecule has 4 rings (SSSR count). The van der Waals surface area contributed by atoms with Crippen molar-refractivity contribution in [3.63, 3.8) is 0 Å². The molecule has 0 atom stereocenters. The maximum atomic E-state index is 12.6. The second kappa shape index (κ2) is 10.6. The number of nitrogens with zero attached hydrogens (tertiary/aromatic N) is 4. The minimum atomic E-state index is 0.0365. The fourth-order valence-electron chi connectivity index (χ4n) is 3.96. The summed E-state index contributed by atoms with van der Waals surface area (Å²) in [5.41, 5.74) is 5.31. The maximum Gasteiger partial charge on any atom is 0.238 e. The van der Waals surface area contributed by atoms with E-state index in [9.17, 15) is 4.79 Å². The monoisotopic (exact) mass is 482 g/mol. The van der Waals surface area contributed by atoms with Crippen molar-refractivity contribution in [1.29, 1.82) is 0 Å². The molecule has 2 aromatic carbocycles. The number of piperazine rings is 1. The van der Waals surface area contributed by atoms with E-state index in [1.54, 1.807) is 0 Å². The Balaban J connectivity index is 1.27. The van der Waals surface area contributed by atoms with Crippen molar-refractivity contribution in [1.82, 2.24) is 19.6 Å². The zero-order chi connectivity index (χ0) is 23.4. The van der Waals surface area contributed by atoms with Crippen molar-refractivity contribution in [2.24, 2.45) is 0 Å². The van der Waals surface area contributed by atoms with E-state index in [0.29, 0.717) is 13.2 Å². The molecule has 1 fully saturated rings. The van der Waals surface area contributed by atoms with Crippen LogP contribution < -0.4 is 10.6 Å². The van der Waals surface area contributed by atoms with Crippen LogP contribution in [0.15, 0.2) is 42.5 Å². The standard InChI is InChI=1S/C24H30N6OS2/c1-17-6-4-9-20(14-17)25-23-27-30(24(32)33-23)16-29-12-10-28(11-13-29)15-21(31)26-22-18(2)7-5-8-19(22)3/h4-9,14H,10-13,15-16H2,1-3H3,(H,25,27)(H,26,31). The molecule has 0 unspecified atom stereocenters. The van der Waals surface area contributed by atoms with Crippen LogP contribution in [-0.2, 0) is 11.5 Å². The number of aryl methyl sites for hydroxylation is 3. The third-order valence-corrected chi connectivity index (χ3v) is 7.01. The van der Waals surface area contributed by atoms with Crippen molar-refractivity contribution >= 4 is 46.0 Å². The molecule has 7 nitrogen and oxygen atoms in total. The predicted octanol–water partition coefficient (Wildman–Crippen LogP) is 4.56. The van der Waals surface area contributed by atoms with Gasteiger partial charge >= 0.3 is 0 Å². The molecule has 0 saturated carbocycles. The number of para-hydroxylation sites is 1. The van der Waals surface area contributed by atoms with Gasteiger partial charge in [-0.2, -0.15) is 0 Å². The molecule has 0 aliphatic carbocycles. The Morgan fingerprint density at radius 2 is 1.70 bits per heavy atom. The van der Waals surface area contributed by atoms with Crippen molar-refractivity contribution < 1.29 is 4.79 Å². The summed E-state index contributed by atoms with van der Waals surface area (Å²) in [7, 11) is 0. The van der Waals surface area contributed by atoms with E-state index in [0.717, 1.165) is 57.8 Å². The number of carbonyl (C=O) groups is 1. The summed E-state index contributed by atoms with van der Waals surface area (Å²) in [6.45, 7) is 10.6. The van der Waals surface area contributed by atoms with Crippen LogP contribution in [0.25, 0.3) is 0 Å². The highest BCUT2D eigenvalue weighted by Crippen LogP contribution is 2.22. The Morgan fingerprint density at radius 1 is 1.03 bits per heavy atom. The highest BCUT2D eigenvalue weighted by atomic mass is 32.1. The fraction of sp³-hybridized carbons (Fsp3) is 0.375. The van der Waals surface area contributed by atoms with Gasteiger partial charge in [-0.25, -0.2) is 4.68 Å². The topological polar surface area (TPSA) is 65.4 Å². The molecule has 33 heavy (non-hydrogen) atoms. The van der Waals surface area contributed by atoms with Gasteiger partial charge in [-0.15, -0.1) is 5.10 Å². The second-order valence-corrected chi connectivity index (χ2v) is 10.1. The van der Waals surface area contributed by atoms with Crippen molar-refractivity contribution in [3.8, 4) is 0 Å². The third-order valence-electron chi connectivity index (χ3n) is 5.79. The van der Waals surface area contributed by atoms with Crippen LogP contribution >= 0.6 is 23.6 Å². The summed E-state index contributed by atoms with van der Waals surface area (Å²) in [6.07, 6.45) is 0. The normalized spacial score (nSPS) is 14.9. The molecular weight excluding hydrogens is 452 g/mol. The number of nitrogens with one attached hydrogen (secondary N) is 2. The smallest absolute Gasteiger partial charge is 0.238 e. The van der Waals surface area contributed by atoms with E-state index in [1.807, 2.05) is 48.9 Å². The van der Waals surface area contributed by atoms with Gasteiger partial charge in [-0.05, 0) is 61.8 Å². The predicted molar refractivity (Wildman–Crippen MR) is 138 cm³/mol. The third kappa shape index (κ3) is 6.26. The second-order valence-electron chi connectivity index (χ2n) is 8.52. The van der Waals surface area contributed by atoms with Crippen molar-refractivity contribution in [3.05, 3.63) is 63.1 Å². The van der Waals surface area contributed by atoms with Gasteiger partial charge in [0.25, 0.3) is 0 Å². The zero-order valence-corrected chi connectivity index (χ0v) is 20.9. The van der Waals surface area contributed by atoms with Crippen LogP contribution in [0, 0.1) is 24.7 Å². The van der Waals surface area contributed by atoms with E-state index in [1.165, 1.54) is 16.9 Å². The molecule has 3 aromatic rings. The molecule has 1 amide bonds. The Hall–Kier alpha value is -2.59. The number of hydrogen-bond donors (Lipinski definition) is 2. The van der Waals surface area contributed by atoms with Gasteiger partial charge in [0, 0.05) is 37.6 Å². The summed E-state index contributed by atoms with van der Waals surface area (Å²) < 4.78 is 2.63. The number of benzene rings is 2. The number of carbonyl (C=O) groups excluding carboxylic acids is 1. The summed E-state index contributed by atoms with van der Waals surface area (Å²) >= 11 is 7.02. The largest absolute Gasteiger partial charge is 0.330 e. The average molecular weight is 483 g/mol. The van der Waals surface area contributed by atoms with E-state index >= 15 is 0 Å². The molecule has 1 saturated heterocycles. The Kier molecular flexibility index (Phi) is 7.54. The molecule has 0 spiro atoms. The molecule has 2 heterocycles. The van der Waals surface area contributed by atoms with Gasteiger partial charge in [0.2, 0.25) is 11.0 Å². The number of rotatable bonds is 7. The lowest BCUT2D eigenvalue weighted by Gasteiger charge is -2.34. The molecule has 2 N–H and O–H groups in total. The van der Waals surface area contributed by atoms with Gasteiger partial charge in [0.1, 0.15) is 0 Å². The molecule has 0 radical (unpaired) electrons. The van der Waals surface area contributed by atoms with E-state index < -0.39 is 0 Å². The van der Waals surface area contributed by atoms with Crippen molar-refractivity contribution in [2.45, 2.75) is 27.4 Å². The lowest BCUT2D eigenvalue weighted by Crippen LogP contribution is -2.49. The van der Waals surface area contributed by atoms with Crippen LogP contribution in [0.2, 0.25) is 0 Å². The summed E-state index contributed by atoms with van der Waals surface area (Å²) in [6, 6.07) is 14.3. The molecule has 9 heteroatoms. The van der Waals surface area contributed by atoms with Crippen LogP contribution in [-0.4, -0.2) is 58.2 Å². The quantitative estimate of drug-likeness (QED) is 0.482. The Morgan fingerprint density at radius 3 is 2.39 bits per heavy atom. The van der Waals surface area contributed by atoms with Crippen LogP contribution in [0.4, 0.5) is 16.5 Å². The van der Waals surface area contributed by atoms with Crippen molar-refractivity contribution in [2.75, 3.05) is 43.4 Å².